The zero-order chi connectivity index (χ0) is 23.0. The van der Waals surface area contributed by atoms with Crippen LogP contribution in [-0.2, 0) is 0 Å². The monoisotopic (exact) mass is 440 g/mol. The van der Waals surface area contributed by atoms with Crippen LogP contribution in [0.25, 0.3) is 0 Å². The largest absolute Gasteiger partial charge is 0.324 e. The third-order valence-corrected chi connectivity index (χ3v) is 4.51. The summed E-state index contributed by atoms with van der Waals surface area (Å²) in [5.74, 6) is 0.892. The van der Waals surface area contributed by atoms with Crippen LogP contribution in [-0.4, -0.2) is 25.6 Å². The van der Waals surface area contributed by atoms with Gasteiger partial charge in [-0.05, 0) is 48.9 Å². The molecule has 0 saturated heterocycles. The molecule has 0 aliphatic heterocycles. The maximum Gasteiger partial charge on any atom is 0.269 e. The third kappa shape index (κ3) is 5.85. The molecule has 10 nitrogen and oxygen atoms in total. The highest BCUT2D eigenvalue weighted by atomic mass is 16.6. The molecule has 0 aliphatic rings. The van der Waals surface area contributed by atoms with Crippen molar-refractivity contribution in [2.45, 2.75) is 6.92 Å². The molecular weight excluding hydrogens is 420 g/mol. The van der Waals surface area contributed by atoms with E-state index in [-0.39, 0.29) is 11.6 Å². The average Bonchev–Trinajstić information content (AvgIpc) is 2.84. The predicted molar refractivity (Wildman–Crippen MR) is 128 cm³/mol. The minimum Gasteiger partial charge on any atom is -0.324 e. The Hall–Kier alpha value is -4.86. The molecule has 0 unspecified atom stereocenters. The standard InChI is InChI=1S/C23H20N8O2/c1-16(17-12-14-20(15-13-17)31(32)33)29-30-23-27-21(24-18-8-4-2-5-9-18)26-22(28-23)25-19-10-6-3-7-11-19/h2-15H,1H3,(H3,24,25,26,27,28,30)/b29-16+. The van der Waals surface area contributed by atoms with Crippen LogP contribution in [0.3, 0.4) is 0 Å². The molecule has 0 atom stereocenters. The smallest absolute Gasteiger partial charge is 0.269 e. The molecule has 0 aliphatic carbocycles. The number of nitro groups is 1. The molecular formula is C23H20N8O2. The van der Waals surface area contributed by atoms with Gasteiger partial charge in [0.15, 0.2) is 0 Å². The van der Waals surface area contributed by atoms with Crippen molar-refractivity contribution >= 4 is 40.6 Å². The van der Waals surface area contributed by atoms with E-state index in [9.17, 15) is 10.1 Å². The summed E-state index contributed by atoms with van der Waals surface area (Å²) in [4.78, 5) is 23.6. The molecule has 33 heavy (non-hydrogen) atoms. The molecule has 10 heteroatoms. The number of para-hydroxylation sites is 2. The van der Waals surface area contributed by atoms with E-state index < -0.39 is 4.92 Å². The number of non-ortho nitro benzene ring substituents is 1. The van der Waals surface area contributed by atoms with Crippen molar-refractivity contribution in [3.8, 4) is 0 Å². The van der Waals surface area contributed by atoms with Gasteiger partial charge >= 0.3 is 0 Å². The molecule has 4 rings (SSSR count). The zero-order valence-corrected chi connectivity index (χ0v) is 17.6. The second kappa shape index (κ2) is 9.96. The Morgan fingerprint density at radius 2 is 1.24 bits per heavy atom. The number of hydrogen-bond donors (Lipinski definition) is 3. The predicted octanol–water partition coefficient (Wildman–Crippen LogP) is 5.10. The van der Waals surface area contributed by atoms with Crippen LogP contribution in [0.15, 0.2) is 90.0 Å². The Kier molecular flexibility index (Phi) is 6.45. The molecule has 3 N–H and O–H groups in total. The lowest BCUT2D eigenvalue weighted by Crippen LogP contribution is -2.08. The van der Waals surface area contributed by atoms with Gasteiger partial charge in [-0.15, -0.1) is 0 Å². The van der Waals surface area contributed by atoms with Gasteiger partial charge in [-0.2, -0.15) is 20.1 Å². The fourth-order valence-electron chi connectivity index (χ4n) is 2.86. The average molecular weight is 440 g/mol. The van der Waals surface area contributed by atoms with Crippen LogP contribution in [0.4, 0.5) is 34.9 Å². The first-order chi connectivity index (χ1) is 16.1. The molecule has 3 aromatic carbocycles. The van der Waals surface area contributed by atoms with Crippen molar-refractivity contribution < 1.29 is 4.92 Å². The van der Waals surface area contributed by atoms with E-state index in [2.05, 4.69) is 36.1 Å². The highest BCUT2D eigenvalue weighted by Gasteiger charge is 2.09. The third-order valence-electron chi connectivity index (χ3n) is 4.51. The molecule has 0 spiro atoms. The number of nitrogens with zero attached hydrogens (tertiary/aromatic N) is 5. The maximum absolute atomic E-state index is 10.8. The zero-order valence-electron chi connectivity index (χ0n) is 17.6. The summed E-state index contributed by atoms with van der Waals surface area (Å²) in [6.45, 7) is 1.78. The number of rotatable bonds is 8. The summed E-state index contributed by atoms with van der Waals surface area (Å²) < 4.78 is 0. The van der Waals surface area contributed by atoms with Gasteiger partial charge in [0.25, 0.3) is 5.69 Å². The van der Waals surface area contributed by atoms with Gasteiger partial charge in [0.05, 0.1) is 10.6 Å². The Morgan fingerprint density at radius 3 is 1.73 bits per heavy atom. The second-order valence-corrected chi connectivity index (χ2v) is 6.90. The number of hydrazone groups is 1. The Balaban J connectivity index is 1.58. The minimum absolute atomic E-state index is 0.0187. The topological polar surface area (TPSA) is 130 Å². The van der Waals surface area contributed by atoms with E-state index >= 15 is 0 Å². The molecule has 164 valence electrons. The van der Waals surface area contributed by atoms with Crippen LogP contribution >= 0.6 is 0 Å². The number of nitro benzene ring substituents is 1. The van der Waals surface area contributed by atoms with Crippen LogP contribution in [0.5, 0.6) is 0 Å². The number of hydrogen-bond acceptors (Lipinski definition) is 9. The quantitative estimate of drug-likeness (QED) is 0.196. The van der Waals surface area contributed by atoms with Gasteiger partial charge < -0.3 is 10.6 Å². The van der Waals surface area contributed by atoms with Crippen molar-refractivity contribution in [1.29, 1.82) is 0 Å². The lowest BCUT2D eigenvalue weighted by atomic mass is 10.1. The van der Waals surface area contributed by atoms with Crippen molar-refractivity contribution in [2.75, 3.05) is 16.1 Å². The highest BCUT2D eigenvalue weighted by Crippen LogP contribution is 2.19. The van der Waals surface area contributed by atoms with Gasteiger partial charge in [-0.25, -0.2) is 5.43 Å². The van der Waals surface area contributed by atoms with Crippen molar-refractivity contribution in [1.82, 2.24) is 15.0 Å². The molecule has 0 saturated carbocycles. The number of aromatic nitrogens is 3. The fourth-order valence-corrected chi connectivity index (χ4v) is 2.86. The van der Waals surface area contributed by atoms with E-state index in [0.717, 1.165) is 16.9 Å². The molecule has 1 aromatic heterocycles. The molecule has 4 aromatic rings. The van der Waals surface area contributed by atoms with E-state index in [1.165, 1.54) is 12.1 Å². The van der Waals surface area contributed by atoms with E-state index in [4.69, 9.17) is 0 Å². The van der Waals surface area contributed by atoms with Crippen LogP contribution in [0, 0.1) is 10.1 Å². The summed E-state index contributed by atoms with van der Waals surface area (Å²) in [7, 11) is 0. The molecule has 1 heterocycles. The normalized spacial score (nSPS) is 11.0. The molecule has 0 amide bonds. The van der Waals surface area contributed by atoms with Gasteiger partial charge in [-0.3, -0.25) is 10.1 Å². The van der Waals surface area contributed by atoms with Gasteiger partial charge in [0.2, 0.25) is 17.8 Å². The van der Waals surface area contributed by atoms with E-state index in [1.807, 2.05) is 60.7 Å². The van der Waals surface area contributed by atoms with Crippen molar-refractivity contribution in [3.05, 3.63) is 101 Å². The minimum atomic E-state index is -0.443. The first-order valence-electron chi connectivity index (χ1n) is 10.0. The summed E-state index contributed by atoms with van der Waals surface area (Å²) in [5.41, 5.74) is 5.85. The molecule has 0 radical (unpaired) electrons. The van der Waals surface area contributed by atoms with E-state index in [0.29, 0.717) is 17.6 Å². The van der Waals surface area contributed by atoms with Crippen molar-refractivity contribution in [3.63, 3.8) is 0 Å². The highest BCUT2D eigenvalue weighted by molar-refractivity contribution is 5.99. The summed E-state index contributed by atoms with van der Waals surface area (Å²) in [6, 6.07) is 25.2. The van der Waals surface area contributed by atoms with Gasteiger partial charge in [0, 0.05) is 23.5 Å². The van der Waals surface area contributed by atoms with E-state index in [1.54, 1.807) is 19.1 Å². The number of anilines is 5. The Morgan fingerprint density at radius 1 is 0.758 bits per heavy atom. The summed E-state index contributed by atoms with van der Waals surface area (Å²) in [5, 5.41) is 21.5. The van der Waals surface area contributed by atoms with Gasteiger partial charge in [0.1, 0.15) is 0 Å². The Labute approximate surface area is 189 Å². The first kappa shape index (κ1) is 21.4. The number of benzene rings is 3. The fraction of sp³-hybridized carbons (Fsp3) is 0.0435. The van der Waals surface area contributed by atoms with Crippen LogP contribution in [0.1, 0.15) is 12.5 Å². The van der Waals surface area contributed by atoms with Crippen LogP contribution in [0.2, 0.25) is 0 Å². The molecule has 0 bridgehead atoms. The number of nitrogens with one attached hydrogen (secondary N) is 3. The lowest BCUT2D eigenvalue weighted by Gasteiger charge is -2.10. The second-order valence-electron chi connectivity index (χ2n) is 6.90. The summed E-state index contributed by atoms with van der Waals surface area (Å²) >= 11 is 0. The Bertz CT molecular complexity index is 1200. The van der Waals surface area contributed by atoms with Crippen LogP contribution < -0.4 is 16.1 Å². The summed E-state index contributed by atoms with van der Waals surface area (Å²) in [6.07, 6.45) is 0. The van der Waals surface area contributed by atoms with Gasteiger partial charge in [-0.1, -0.05) is 36.4 Å². The first-order valence-corrected chi connectivity index (χ1v) is 10.0. The SMILES string of the molecule is C/C(=N\Nc1nc(Nc2ccccc2)nc(Nc2ccccc2)n1)c1ccc([N+](=O)[O-])cc1. The van der Waals surface area contributed by atoms with Crippen molar-refractivity contribution in [2.24, 2.45) is 5.10 Å². The lowest BCUT2D eigenvalue weighted by molar-refractivity contribution is -0.384. The maximum atomic E-state index is 10.8. The molecule has 0 fully saturated rings.